The number of anilines is 1. The fourth-order valence-electron chi connectivity index (χ4n) is 3.81. The predicted molar refractivity (Wildman–Crippen MR) is 137 cm³/mol. The van der Waals surface area contributed by atoms with E-state index in [0.717, 1.165) is 11.1 Å². The number of nitrogens with zero attached hydrogens (tertiary/aromatic N) is 1. The minimum absolute atomic E-state index is 0.239. The van der Waals surface area contributed by atoms with Gasteiger partial charge in [0.05, 0.1) is 17.1 Å². The molecule has 0 aliphatic heterocycles. The molecule has 3 amide bonds. The van der Waals surface area contributed by atoms with Crippen molar-refractivity contribution in [3.05, 3.63) is 87.6 Å². The third-order valence-electron chi connectivity index (χ3n) is 5.21. The van der Waals surface area contributed by atoms with Crippen LogP contribution >= 0.6 is 11.3 Å². The van der Waals surface area contributed by atoms with Gasteiger partial charge in [-0.2, -0.15) is 0 Å². The van der Waals surface area contributed by atoms with Crippen molar-refractivity contribution in [2.24, 2.45) is 0 Å². The SMILES string of the molecule is Cc1cccc(C)c1N(C(=O)CNC(=O)c1cccs1)[C@H](C(=O)NC(C)(C)C)c1ccccc1. The molecule has 0 unspecified atom stereocenters. The first-order chi connectivity index (χ1) is 16.1. The first kappa shape index (κ1) is 25.2. The number of amides is 3. The molecule has 2 aromatic carbocycles. The average molecular weight is 478 g/mol. The molecule has 1 heterocycles. The zero-order valence-corrected chi connectivity index (χ0v) is 21.0. The molecule has 7 heteroatoms. The molecule has 6 nitrogen and oxygen atoms in total. The number of thiophene rings is 1. The Balaban J connectivity index is 2.06. The first-order valence-electron chi connectivity index (χ1n) is 11.2. The molecule has 0 bridgehead atoms. The van der Waals surface area contributed by atoms with Gasteiger partial charge in [0, 0.05) is 5.54 Å². The van der Waals surface area contributed by atoms with Crippen LogP contribution in [-0.4, -0.2) is 29.8 Å². The third kappa shape index (κ3) is 6.11. The Hall–Kier alpha value is -3.45. The molecule has 34 heavy (non-hydrogen) atoms. The minimum atomic E-state index is -0.911. The number of carbonyl (C=O) groups excluding carboxylic acids is 3. The number of rotatable bonds is 7. The summed E-state index contributed by atoms with van der Waals surface area (Å²) in [5.74, 6) is -0.986. The van der Waals surface area contributed by atoms with Crippen molar-refractivity contribution in [3.8, 4) is 0 Å². The van der Waals surface area contributed by atoms with Crippen molar-refractivity contribution in [2.75, 3.05) is 11.4 Å². The van der Waals surface area contributed by atoms with Gasteiger partial charge >= 0.3 is 0 Å². The number of para-hydroxylation sites is 1. The molecule has 3 rings (SSSR count). The Morgan fingerprint density at radius 1 is 0.912 bits per heavy atom. The van der Waals surface area contributed by atoms with Crippen LogP contribution in [0.25, 0.3) is 0 Å². The number of benzene rings is 2. The highest BCUT2D eigenvalue weighted by Gasteiger charge is 2.35. The van der Waals surface area contributed by atoms with Crippen molar-refractivity contribution in [1.82, 2.24) is 10.6 Å². The maximum atomic E-state index is 13.7. The lowest BCUT2D eigenvalue weighted by Crippen LogP contribution is -2.51. The second-order valence-corrected chi connectivity index (χ2v) is 10.2. The van der Waals surface area contributed by atoms with Crippen LogP contribution in [0.3, 0.4) is 0 Å². The molecule has 2 N–H and O–H groups in total. The summed E-state index contributed by atoms with van der Waals surface area (Å²) in [6, 6.07) is 17.6. The highest BCUT2D eigenvalue weighted by atomic mass is 32.1. The molecule has 0 radical (unpaired) electrons. The van der Waals surface area contributed by atoms with Crippen molar-refractivity contribution in [1.29, 1.82) is 0 Å². The lowest BCUT2D eigenvalue weighted by Gasteiger charge is -2.35. The predicted octanol–water partition coefficient (Wildman–Crippen LogP) is 4.78. The monoisotopic (exact) mass is 477 g/mol. The highest BCUT2D eigenvalue weighted by molar-refractivity contribution is 7.12. The van der Waals surface area contributed by atoms with E-state index in [1.807, 2.05) is 88.5 Å². The molecule has 178 valence electrons. The molecule has 0 aliphatic rings. The van der Waals surface area contributed by atoms with E-state index in [-0.39, 0.29) is 24.3 Å². The van der Waals surface area contributed by atoms with E-state index >= 15 is 0 Å². The van der Waals surface area contributed by atoms with Crippen molar-refractivity contribution in [2.45, 2.75) is 46.2 Å². The Morgan fingerprint density at radius 3 is 2.12 bits per heavy atom. The van der Waals surface area contributed by atoms with E-state index in [0.29, 0.717) is 16.1 Å². The first-order valence-corrected chi connectivity index (χ1v) is 12.0. The van der Waals surface area contributed by atoms with Gasteiger partial charge in [0.25, 0.3) is 5.91 Å². The zero-order chi connectivity index (χ0) is 24.9. The van der Waals surface area contributed by atoms with Gasteiger partial charge in [0.1, 0.15) is 6.04 Å². The topological polar surface area (TPSA) is 78.5 Å². The molecule has 0 fully saturated rings. The van der Waals surface area contributed by atoms with Crippen LogP contribution in [0.4, 0.5) is 5.69 Å². The molecule has 3 aromatic rings. The number of hydrogen-bond acceptors (Lipinski definition) is 4. The van der Waals surface area contributed by atoms with Crippen LogP contribution in [-0.2, 0) is 9.59 Å². The molecule has 0 aliphatic carbocycles. The largest absolute Gasteiger partial charge is 0.349 e. The van der Waals surface area contributed by atoms with Crippen LogP contribution in [0.5, 0.6) is 0 Å². The molecular weight excluding hydrogens is 446 g/mol. The molecule has 1 atom stereocenters. The summed E-state index contributed by atoms with van der Waals surface area (Å²) in [4.78, 5) is 41.9. The van der Waals surface area contributed by atoms with Crippen molar-refractivity contribution in [3.63, 3.8) is 0 Å². The minimum Gasteiger partial charge on any atom is -0.349 e. The van der Waals surface area contributed by atoms with E-state index in [1.54, 1.807) is 12.1 Å². The summed E-state index contributed by atoms with van der Waals surface area (Å²) < 4.78 is 0. The second kappa shape index (κ2) is 10.7. The van der Waals surface area contributed by atoms with Crippen LogP contribution in [0.2, 0.25) is 0 Å². The van der Waals surface area contributed by atoms with Gasteiger partial charge in [0.15, 0.2) is 0 Å². The maximum Gasteiger partial charge on any atom is 0.261 e. The van der Waals surface area contributed by atoms with E-state index in [9.17, 15) is 14.4 Å². The third-order valence-corrected chi connectivity index (χ3v) is 6.08. The maximum absolute atomic E-state index is 13.7. The average Bonchev–Trinajstić information content (AvgIpc) is 3.31. The quantitative estimate of drug-likeness (QED) is 0.514. The van der Waals surface area contributed by atoms with Crippen LogP contribution < -0.4 is 15.5 Å². The smallest absolute Gasteiger partial charge is 0.261 e. The Morgan fingerprint density at radius 2 is 1.56 bits per heavy atom. The van der Waals surface area contributed by atoms with Gasteiger partial charge in [-0.25, -0.2) is 0 Å². The van der Waals surface area contributed by atoms with Gasteiger partial charge in [-0.3, -0.25) is 19.3 Å². The van der Waals surface area contributed by atoms with Crippen molar-refractivity contribution < 1.29 is 14.4 Å². The number of aryl methyl sites for hydroxylation is 2. The van der Waals surface area contributed by atoms with Gasteiger partial charge < -0.3 is 10.6 Å². The standard InChI is InChI=1S/C27H31N3O3S/c1-18-11-9-12-19(2)23(18)30(22(31)17-28-25(32)21-15-10-16-34-21)24(20-13-7-6-8-14-20)26(33)29-27(3,4)5/h6-16,24H,17H2,1-5H3,(H,28,32)(H,29,33)/t24-/m0/s1. The van der Waals surface area contributed by atoms with E-state index in [4.69, 9.17) is 0 Å². The second-order valence-electron chi connectivity index (χ2n) is 9.22. The number of carbonyl (C=O) groups is 3. The molecule has 0 saturated carbocycles. The van der Waals surface area contributed by atoms with Crippen LogP contribution in [0.1, 0.15) is 53.2 Å². The van der Waals surface area contributed by atoms with Gasteiger partial charge in [-0.15, -0.1) is 11.3 Å². The summed E-state index contributed by atoms with van der Waals surface area (Å²) in [6.07, 6.45) is 0. The zero-order valence-electron chi connectivity index (χ0n) is 20.2. The summed E-state index contributed by atoms with van der Waals surface area (Å²) in [6.45, 7) is 9.29. The normalized spacial score (nSPS) is 12.0. The lowest BCUT2D eigenvalue weighted by atomic mass is 9.98. The van der Waals surface area contributed by atoms with Crippen molar-refractivity contribution >= 4 is 34.7 Å². The summed E-state index contributed by atoms with van der Waals surface area (Å²) >= 11 is 1.31. The van der Waals surface area contributed by atoms with E-state index in [1.165, 1.54) is 16.2 Å². The molecule has 1 aromatic heterocycles. The Kier molecular flexibility index (Phi) is 7.89. The van der Waals surface area contributed by atoms with Gasteiger partial charge in [-0.05, 0) is 62.8 Å². The van der Waals surface area contributed by atoms with Crippen LogP contribution in [0, 0.1) is 13.8 Å². The summed E-state index contributed by atoms with van der Waals surface area (Å²) in [5, 5.41) is 7.55. The molecule has 0 spiro atoms. The summed E-state index contributed by atoms with van der Waals surface area (Å²) in [5.41, 5.74) is 2.58. The number of hydrogen-bond donors (Lipinski definition) is 2. The summed E-state index contributed by atoms with van der Waals surface area (Å²) in [7, 11) is 0. The van der Waals surface area contributed by atoms with Gasteiger partial charge in [0.2, 0.25) is 11.8 Å². The molecule has 0 saturated heterocycles. The Bertz CT molecular complexity index is 1130. The fourth-order valence-corrected chi connectivity index (χ4v) is 4.45. The van der Waals surface area contributed by atoms with Gasteiger partial charge in [-0.1, -0.05) is 54.6 Å². The van der Waals surface area contributed by atoms with E-state index < -0.39 is 11.6 Å². The lowest BCUT2D eigenvalue weighted by molar-refractivity contribution is -0.127. The van der Waals surface area contributed by atoms with Crippen LogP contribution in [0.15, 0.2) is 66.0 Å². The van der Waals surface area contributed by atoms with E-state index in [2.05, 4.69) is 10.6 Å². The highest BCUT2D eigenvalue weighted by Crippen LogP contribution is 2.33. The Labute approximate surface area is 205 Å². The molecular formula is C27H31N3O3S. The fraction of sp³-hybridized carbons (Fsp3) is 0.296. The number of nitrogens with one attached hydrogen (secondary N) is 2.